The van der Waals surface area contributed by atoms with Crippen LogP contribution in [0.25, 0.3) is 10.6 Å². The van der Waals surface area contributed by atoms with Crippen LogP contribution in [0.3, 0.4) is 0 Å². The number of piperidine rings is 2. The molecule has 8 nitrogen and oxygen atoms in total. The summed E-state index contributed by atoms with van der Waals surface area (Å²) in [4.78, 5) is 41.8. The van der Waals surface area contributed by atoms with Crippen molar-refractivity contribution in [2.24, 2.45) is 5.92 Å². The molecule has 206 valence electrons. The van der Waals surface area contributed by atoms with E-state index in [1.165, 1.54) is 0 Å². The molecule has 0 spiro atoms. The van der Waals surface area contributed by atoms with Crippen molar-refractivity contribution in [1.82, 2.24) is 19.7 Å². The molecule has 0 aliphatic carbocycles. The second kappa shape index (κ2) is 12.6. The van der Waals surface area contributed by atoms with Gasteiger partial charge in [-0.15, -0.1) is 11.3 Å². The molecule has 3 saturated heterocycles. The van der Waals surface area contributed by atoms with Crippen molar-refractivity contribution in [1.29, 1.82) is 0 Å². The molecule has 1 atom stereocenters. The van der Waals surface area contributed by atoms with E-state index in [1.54, 1.807) is 11.3 Å². The summed E-state index contributed by atoms with van der Waals surface area (Å²) in [5.41, 5.74) is 1.51. The quantitative estimate of drug-likeness (QED) is 0.496. The Hall–Kier alpha value is -2.49. The van der Waals surface area contributed by atoms with E-state index in [2.05, 4.69) is 27.7 Å². The van der Waals surface area contributed by atoms with Gasteiger partial charge in [-0.25, -0.2) is 4.98 Å². The summed E-state index contributed by atoms with van der Waals surface area (Å²) in [7, 11) is 0. The van der Waals surface area contributed by atoms with Crippen LogP contribution in [0.15, 0.2) is 29.6 Å². The van der Waals surface area contributed by atoms with E-state index in [9.17, 15) is 9.59 Å². The highest BCUT2D eigenvalue weighted by atomic mass is 32.1. The van der Waals surface area contributed by atoms with Gasteiger partial charge in [0.05, 0.1) is 28.7 Å². The third kappa shape index (κ3) is 6.05. The van der Waals surface area contributed by atoms with Gasteiger partial charge in [0.1, 0.15) is 5.82 Å². The summed E-state index contributed by atoms with van der Waals surface area (Å²) in [5, 5.41) is 2.04. The van der Waals surface area contributed by atoms with E-state index in [0.717, 1.165) is 88.6 Å². The zero-order valence-corrected chi connectivity index (χ0v) is 23.6. The van der Waals surface area contributed by atoms with Crippen molar-refractivity contribution in [2.45, 2.75) is 45.6 Å². The molecule has 1 amide bonds. The number of carbonyl (C=O) groups is 2. The van der Waals surface area contributed by atoms with E-state index in [-0.39, 0.29) is 17.8 Å². The second-order valence-electron chi connectivity index (χ2n) is 10.6. The van der Waals surface area contributed by atoms with Gasteiger partial charge in [-0.1, -0.05) is 13.0 Å². The fraction of sp³-hybridized carbons (Fsp3) is 0.621. The number of esters is 1. The standard InChI is InChI=1S/C29H41N5O3S/c1-3-31-16-18-32(19-17-31)23-11-14-33(15-12-23)28(35)24-9-10-25(26-8-6-20-38-26)30-27(24)34-13-5-7-22(21-34)29(36)37-4-2/h6,8-10,20,22-23H,3-5,7,11-19,21H2,1-2H3. The number of nitrogens with zero attached hydrogens (tertiary/aromatic N) is 5. The molecule has 0 aromatic carbocycles. The first-order valence-electron chi connectivity index (χ1n) is 14.3. The highest BCUT2D eigenvalue weighted by Gasteiger charge is 2.33. The number of anilines is 1. The van der Waals surface area contributed by atoms with E-state index < -0.39 is 0 Å². The molecular formula is C29H41N5O3S. The van der Waals surface area contributed by atoms with Gasteiger partial charge >= 0.3 is 5.97 Å². The average Bonchev–Trinajstić information content (AvgIpc) is 3.52. The first-order chi connectivity index (χ1) is 18.6. The Bertz CT molecular complexity index is 1080. The topological polar surface area (TPSA) is 69.2 Å². The highest BCUT2D eigenvalue weighted by Crippen LogP contribution is 2.32. The number of ether oxygens (including phenoxy) is 1. The number of aromatic nitrogens is 1. The first kappa shape index (κ1) is 27.1. The molecular weight excluding hydrogens is 498 g/mol. The van der Waals surface area contributed by atoms with Crippen LogP contribution in [-0.4, -0.2) is 103 Å². The molecule has 0 N–H and O–H groups in total. The maximum Gasteiger partial charge on any atom is 0.310 e. The lowest BCUT2D eigenvalue weighted by molar-refractivity contribution is -0.148. The summed E-state index contributed by atoms with van der Waals surface area (Å²) >= 11 is 1.64. The number of thiophene rings is 1. The van der Waals surface area contributed by atoms with Gasteiger partial charge in [0.15, 0.2) is 0 Å². The van der Waals surface area contributed by atoms with Crippen molar-refractivity contribution >= 4 is 29.0 Å². The Morgan fingerprint density at radius 3 is 2.47 bits per heavy atom. The van der Waals surface area contributed by atoms with Crippen molar-refractivity contribution in [3.8, 4) is 10.6 Å². The number of likely N-dealkylation sites (tertiary alicyclic amines) is 1. The van der Waals surface area contributed by atoms with Gasteiger partial charge in [-0.2, -0.15) is 0 Å². The predicted molar refractivity (Wildman–Crippen MR) is 152 cm³/mol. The molecule has 9 heteroatoms. The minimum Gasteiger partial charge on any atom is -0.466 e. The minimum absolute atomic E-state index is 0.0535. The number of piperazine rings is 1. The zero-order chi connectivity index (χ0) is 26.5. The molecule has 0 saturated carbocycles. The molecule has 38 heavy (non-hydrogen) atoms. The van der Waals surface area contributed by atoms with Gasteiger partial charge in [0.2, 0.25) is 0 Å². The van der Waals surface area contributed by atoms with Crippen LogP contribution in [-0.2, 0) is 9.53 Å². The van der Waals surface area contributed by atoms with Crippen LogP contribution in [0.1, 0.15) is 49.9 Å². The summed E-state index contributed by atoms with van der Waals surface area (Å²) in [6.45, 7) is 13.0. The third-order valence-corrected chi connectivity index (χ3v) is 9.23. The minimum atomic E-state index is -0.192. The molecule has 3 fully saturated rings. The summed E-state index contributed by atoms with van der Waals surface area (Å²) in [6, 6.07) is 8.55. The number of amides is 1. The second-order valence-corrected chi connectivity index (χ2v) is 11.5. The molecule has 3 aliphatic rings. The van der Waals surface area contributed by atoms with Gasteiger partial charge in [-0.3, -0.25) is 14.5 Å². The smallest absolute Gasteiger partial charge is 0.310 e. The van der Waals surface area contributed by atoms with Crippen molar-refractivity contribution in [3.05, 3.63) is 35.2 Å². The van der Waals surface area contributed by atoms with Crippen LogP contribution in [0.2, 0.25) is 0 Å². The summed E-state index contributed by atoms with van der Waals surface area (Å²) in [5.74, 6) is 0.412. The van der Waals surface area contributed by atoms with E-state index in [0.29, 0.717) is 30.6 Å². The average molecular weight is 540 g/mol. The van der Waals surface area contributed by atoms with Crippen LogP contribution in [0, 0.1) is 5.92 Å². The van der Waals surface area contributed by atoms with E-state index in [4.69, 9.17) is 9.72 Å². The number of hydrogen-bond acceptors (Lipinski definition) is 8. The molecule has 5 heterocycles. The number of rotatable bonds is 7. The lowest BCUT2D eigenvalue weighted by Crippen LogP contribution is -2.53. The molecule has 0 bridgehead atoms. The van der Waals surface area contributed by atoms with Crippen LogP contribution < -0.4 is 4.90 Å². The fourth-order valence-electron chi connectivity index (χ4n) is 6.09. The number of carbonyl (C=O) groups excluding carboxylic acids is 2. The van der Waals surface area contributed by atoms with Gasteiger partial charge in [-0.05, 0) is 62.7 Å². The summed E-state index contributed by atoms with van der Waals surface area (Å²) < 4.78 is 5.33. The van der Waals surface area contributed by atoms with Gasteiger partial charge < -0.3 is 19.4 Å². The first-order valence-corrected chi connectivity index (χ1v) is 15.2. The normalized spacial score (nSPS) is 22.0. The highest BCUT2D eigenvalue weighted by molar-refractivity contribution is 7.13. The Morgan fingerprint density at radius 2 is 1.79 bits per heavy atom. The van der Waals surface area contributed by atoms with E-state index in [1.807, 2.05) is 35.4 Å². The van der Waals surface area contributed by atoms with Crippen LogP contribution in [0.5, 0.6) is 0 Å². The monoisotopic (exact) mass is 539 g/mol. The Kier molecular flexibility index (Phi) is 8.97. The van der Waals surface area contributed by atoms with Gasteiger partial charge in [0.25, 0.3) is 5.91 Å². The lowest BCUT2D eigenvalue weighted by Gasteiger charge is -2.42. The molecule has 3 aliphatic heterocycles. The number of pyridine rings is 1. The Morgan fingerprint density at radius 1 is 1.00 bits per heavy atom. The third-order valence-electron chi connectivity index (χ3n) is 8.34. The molecule has 5 rings (SSSR count). The predicted octanol–water partition coefficient (Wildman–Crippen LogP) is 3.83. The maximum absolute atomic E-state index is 13.9. The molecule has 0 radical (unpaired) electrons. The fourth-order valence-corrected chi connectivity index (χ4v) is 6.78. The summed E-state index contributed by atoms with van der Waals surface area (Å²) in [6.07, 6.45) is 3.72. The van der Waals surface area contributed by atoms with Crippen LogP contribution in [0.4, 0.5) is 5.82 Å². The molecule has 2 aromatic heterocycles. The number of likely N-dealkylation sites (N-methyl/N-ethyl adjacent to an activating group) is 1. The number of hydrogen-bond donors (Lipinski definition) is 0. The van der Waals surface area contributed by atoms with Crippen LogP contribution >= 0.6 is 11.3 Å². The zero-order valence-electron chi connectivity index (χ0n) is 22.8. The maximum atomic E-state index is 13.9. The van der Waals surface area contributed by atoms with E-state index >= 15 is 0 Å². The van der Waals surface area contributed by atoms with Crippen molar-refractivity contribution in [2.75, 3.05) is 70.4 Å². The largest absolute Gasteiger partial charge is 0.466 e. The van der Waals surface area contributed by atoms with Crippen molar-refractivity contribution in [3.63, 3.8) is 0 Å². The lowest BCUT2D eigenvalue weighted by atomic mass is 9.97. The SMILES string of the molecule is CCOC(=O)C1CCCN(c2nc(-c3cccs3)ccc2C(=O)N2CCC(N3CCN(CC)CC3)CC2)C1. The Balaban J connectivity index is 1.32. The molecule has 1 unspecified atom stereocenters. The van der Waals surface area contributed by atoms with Gasteiger partial charge in [0, 0.05) is 58.4 Å². The van der Waals surface area contributed by atoms with Crippen molar-refractivity contribution < 1.29 is 14.3 Å². The molecule has 2 aromatic rings. The Labute approximate surface area is 230 Å².